The minimum absolute atomic E-state index is 0.0530. The lowest BCUT2D eigenvalue weighted by molar-refractivity contribution is 0.0350. The zero-order chi connectivity index (χ0) is 18.8. The van der Waals surface area contributed by atoms with Crippen LogP contribution in [0.5, 0.6) is 0 Å². The van der Waals surface area contributed by atoms with Crippen LogP contribution in [0.25, 0.3) is 0 Å². The van der Waals surface area contributed by atoms with Crippen molar-refractivity contribution in [3.05, 3.63) is 53.1 Å². The molecule has 0 aromatic carbocycles. The van der Waals surface area contributed by atoms with E-state index in [2.05, 4.69) is 51.1 Å². The molecule has 2 aromatic rings. The minimum atomic E-state index is 0.0530. The van der Waals surface area contributed by atoms with Gasteiger partial charge in [-0.05, 0) is 49.8 Å². The summed E-state index contributed by atoms with van der Waals surface area (Å²) in [6.45, 7) is 9.74. The van der Waals surface area contributed by atoms with E-state index >= 15 is 0 Å². The third-order valence-electron chi connectivity index (χ3n) is 5.47. The molecule has 2 N–H and O–H groups in total. The van der Waals surface area contributed by atoms with E-state index in [1.165, 1.54) is 17.0 Å². The number of morpholine rings is 1. The molecule has 2 unspecified atom stereocenters. The summed E-state index contributed by atoms with van der Waals surface area (Å²) >= 11 is 5.75. The highest BCUT2D eigenvalue weighted by Crippen LogP contribution is 2.39. The fourth-order valence-electron chi connectivity index (χ4n) is 4.11. The molecule has 2 saturated heterocycles. The molecule has 0 radical (unpaired) electrons. The highest BCUT2D eigenvalue weighted by atomic mass is 32.1. The van der Waals surface area contributed by atoms with Gasteiger partial charge in [0.05, 0.1) is 31.0 Å². The first-order valence-corrected chi connectivity index (χ1v) is 9.98. The highest BCUT2D eigenvalue weighted by molar-refractivity contribution is 7.80. The number of hydrogen-bond acceptors (Lipinski definition) is 4. The molecule has 2 aliphatic heterocycles. The Morgan fingerprint density at radius 2 is 2.04 bits per heavy atom. The second-order valence-corrected chi connectivity index (χ2v) is 7.69. The van der Waals surface area contributed by atoms with Crippen molar-refractivity contribution in [3.8, 4) is 0 Å². The van der Waals surface area contributed by atoms with E-state index in [-0.39, 0.29) is 12.1 Å². The Hall–Kier alpha value is -1.96. The number of thiocarbonyl (C=S) groups is 1. The van der Waals surface area contributed by atoms with E-state index in [1.54, 1.807) is 0 Å². The maximum atomic E-state index is 5.75. The Morgan fingerprint density at radius 3 is 2.70 bits per heavy atom. The average Bonchev–Trinajstić information content (AvgIpc) is 3.19. The molecule has 0 spiro atoms. The Kier molecular flexibility index (Phi) is 5.43. The van der Waals surface area contributed by atoms with Crippen molar-refractivity contribution in [3.63, 3.8) is 0 Å². The van der Waals surface area contributed by atoms with Gasteiger partial charge in [-0.2, -0.15) is 0 Å². The maximum Gasteiger partial charge on any atom is 0.170 e. The van der Waals surface area contributed by atoms with Crippen LogP contribution in [0.15, 0.2) is 30.5 Å². The molecule has 2 atom stereocenters. The van der Waals surface area contributed by atoms with Crippen LogP contribution in [0.2, 0.25) is 0 Å². The van der Waals surface area contributed by atoms with Crippen LogP contribution in [0.1, 0.15) is 34.7 Å². The van der Waals surface area contributed by atoms with Crippen molar-refractivity contribution in [2.24, 2.45) is 0 Å². The third kappa shape index (κ3) is 3.85. The van der Waals surface area contributed by atoms with Gasteiger partial charge in [-0.3, -0.25) is 9.88 Å². The zero-order valence-electron chi connectivity index (χ0n) is 15.9. The predicted octanol–water partition coefficient (Wildman–Crippen LogP) is 2.33. The molecular weight excluding hydrogens is 358 g/mol. The molecule has 6 nitrogen and oxygen atoms in total. The van der Waals surface area contributed by atoms with E-state index in [4.69, 9.17) is 17.0 Å². The van der Waals surface area contributed by atoms with E-state index in [1.807, 2.05) is 18.3 Å². The number of hydrogen-bond donors (Lipinski definition) is 2. The van der Waals surface area contributed by atoms with Gasteiger partial charge in [-0.1, -0.05) is 6.07 Å². The Labute approximate surface area is 165 Å². The first kappa shape index (κ1) is 18.4. The number of rotatable bonds is 5. The molecule has 144 valence electrons. The van der Waals surface area contributed by atoms with Crippen molar-refractivity contribution in [2.45, 2.75) is 25.9 Å². The molecule has 0 bridgehead atoms. The van der Waals surface area contributed by atoms with Crippen LogP contribution < -0.4 is 5.32 Å². The van der Waals surface area contributed by atoms with Crippen LogP contribution in [-0.4, -0.2) is 64.3 Å². The van der Waals surface area contributed by atoms with Crippen molar-refractivity contribution < 1.29 is 4.74 Å². The number of aromatic nitrogens is 2. The second-order valence-electron chi connectivity index (χ2n) is 7.31. The summed E-state index contributed by atoms with van der Waals surface area (Å²) in [5.41, 5.74) is 4.68. The number of pyridine rings is 1. The second kappa shape index (κ2) is 7.96. The largest absolute Gasteiger partial charge is 0.379 e. The molecule has 0 aliphatic carbocycles. The van der Waals surface area contributed by atoms with Crippen LogP contribution >= 0.6 is 12.2 Å². The minimum Gasteiger partial charge on any atom is -0.379 e. The number of H-pyrrole nitrogens is 1. The predicted molar refractivity (Wildman–Crippen MR) is 110 cm³/mol. The van der Waals surface area contributed by atoms with Crippen molar-refractivity contribution in [1.82, 2.24) is 25.1 Å². The summed E-state index contributed by atoms with van der Waals surface area (Å²) in [5.74, 6) is 0. The lowest BCUT2D eigenvalue weighted by Crippen LogP contribution is -2.42. The van der Waals surface area contributed by atoms with Gasteiger partial charge in [0.1, 0.15) is 0 Å². The first-order chi connectivity index (χ1) is 13.1. The molecule has 7 heteroatoms. The number of ether oxygens (including phenoxy) is 1. The first-order valence-electron chi connectivity index (χ1n) is 9.58. The van der Waals surface area contributed by atoms with Gasteiger partial charge < -0.3 is 19.9 Å². The van der Waals surface area contributed by atoms with Gasteiger partial charge in [0.15, 0.2) is 5.11 Å². The van der Waals surface area contributed by atoms with Gasteiger partial charge in [0, 0.05) is 43.8 Å². The zero-order valence-corrected chi connectivity index (χ0v) is 16.8. The van der Waals surface area contributed by atoms with E-state index in [0.717, 1.165) is 50.2 Å². The summed E-state index contributed by atoms with van der Waals surface area (Å²) < 4.78 is 5.47. The van der Waals surface area contributed by atoms with Crippen LogP contribution in [0.3, 0.4) is 0 Å². The number of nitrogens with zero attached hydrogens (tertiary/aromatic N) is 3. The number of aromatic amines is 1. The SMILES string of the molecule is Cc1cc(C2C(c3ccccn3)NC(=S)N2CCN2CCOCC2)c(C)[nH]1. The summed E-state index contributed by atoms with van der Waals surface area (Å²) in [7, 11) is 0. The van der Waals surface area contributed by atoms with Crippen LogP contribution in [-0.2, 0) is 4.74 Å². The number of nitrogens with one attached hydrogen (secondary N) is 2. The molecule has 4 heterocycles. The van der Waals surface area contributed by atoms with Gasteiger partial charge in [-0.25, -0.2) is 0 Å². The lowest BCUT2D eigenvalue weighted by atomic mass is 9.97. The number of aryl methyl sites for hydroxylation is 2. The summed E-state index contributed by atoms with van der Waals surface area (Å²) in [5, 5.41) is 4.34. The highest BCUT2D eigenvalue weighted by Gasteiger charge is 2.40. The van der Waals surface area contributed by atoms with Gasteiger partial charge in [0.2, 0.25) is 0 Å². The van der Waals surface area contributed by atoms with Crippen LogP contribution in [0.4, 0.5) is 0 Å². The average molecular weight is 386 g/mol. The van der Waals surface area contributed by atoms with Crippen molar-refractivity contribution >= 4 is 17.3 Å². The maximum absolute atomic E-state index is 5.75. The smallest absolute Gasteiger partial charge is 0.170 e. The Balaban J connectivity index is 1.61. The molecular formula is C20H27N5OS. The molecule has 4 rings (SSSR count). The molecule has 2 aliphatic rings. The Morgan fingerprint density at radius 1 is 1.22 bits per heavy atom. The molecule has 0 amide bonds. The van der Waals surface area contributed by atoms with Gasteiger partial charge >= 0.3 is 0 Å². The topological polar surface area (TPSA) is 56.4 Å². The fourth-order valence-corrected chi connectivity index (χ4v) is 4.44. The van der Waals surface area contributed by atoms with Gasteiger partial charge in [-0.15, -0.1) is 0 Å². The summed E-state index contributed by atoms with van der Waals surface area (Å²) in [6, 6.07) is 8.50. The monoisotopic (exact) mass is 385 g/mol. The molecule has 0 saturated carbocycles. The van der Waals surface area contributed by atoms with Crippen molar-refractivity contribution in [1.29, 1.82) is 0 Å². The standard InChI is InChI=1S/C20H27N5OS/c1-14-13-16(15(2)22-14)19-18(17-5-3-4-6-21-17)23-20(27)25(19)8-7-24-9-11-26-12-10-24/h3-6,13,18-19,22H,7-12H2,1-2H3,(H,23,27). The molecule has 2 aromatic heterocycles. The quantitative estimate of drug-likeness (QED) is 0.771. The third-order valence-corrected chi connectivity index (χ3v) is 5.82. The lowest BCUT2D eigenvalue weighted by Gasteiger charge is -2.32. The molecule has 2 fully saturated rings. The molecule has 27 heavy (non-hydrogen) atoms. The normalized spacial score (nSPS) is 23.6. The van der Waals surface area contributed by atoms with Gasteiger partial charge in [0.25, 0.3) is 0 Å². The summed E-state index contributed by atoms with van der Waals surface area (Å²) in [6.07, 6.45) is 1.85. The fraction of sp³-hybridized carbons (Fsp3) is 0.500. The van der Waals surface area contributed by atoms with Crippen molar-refractivity contribution in [2.75, 3.05) is 39.4 Å². The van der Waals surface area contributed by atoms with Crippen LogP contribution in [0, 0.1) is 13.8 Å². The van der Waals surface area contributed by atoms with E-state index in [9.17, 15) is 0 Å². The van der Waals surface area contributed by atoms with E-state index < -0.39 is 0 Å². The Bertz CT molecular complexity index is 787. The van der Waals surface area contributed by atoms with E-state index in [0.29, 0.717) is 0 Å². The summed E-state index contributed by atoms with van der Waals surface area (Å²) in [4.78, 5) is 12.8.